The number of hydrazine groups is 1. The first-order valence-electron chi connectivity index (χ1n) is 5.04. The number of aryl methyl sites for hydroxylation is 2. The second kappa shape index (κ2) is 4.69. The summed E-state index contributed by atoms with van der Waals surface area (Å²) in [6, 6.07) is 1.86. The van der Waals surface area contributed by atoms with Gasteiger partial charge in [0.2, 0.25) is 0 Å². The number of hydrogen-bond acceptors (Lipinski definition) is 6. The highest BCUT2D eigenvalue weighted by Crippen LogP contribution is 2.25. The molecule has 0 bridgehead atoms. The van der Waals surface area contributed by atoms with Crippen molar-refractivity contribution in [3.8, 4) is 0 Å². The van der Waals surface area contributed by atoms with E-state index >= 15 is 0 Å². The highest BCUT2D eigenvalue weighted by Gasteiger charge is 2.21. The lowest BCUT2D eigenvalue weighted by Gasteiger charge is -2.15. The largest absolute Gasteiger partial charge is 0.270 e. The monoisotopic (exact) mass is 238 g/mol. The smallest absolute Gasteiger partial charge is 0.100 e. The third kappa shape index (κ3) is 1.84. The van der Waals surface area contributed by atoms with E-state index in [1.165, 1.54) is 11.5 Å². The van der Waals surface area contributed by atoms with Gasteiger partial charge in [-0.15, -0.1) is 5.10 Å². The third-order valence-electron chi connectivity index (χ3n) is 2.46. The molecule has 6 nitrogen and oxygen atoms in total. The van der Waals surface area contributed by atoms with E-state index in [2.05, 4.69) is 20.1 Å². The molecule has 0 aromatic carbocycles. The van der Waals surface area contributed by atoms with Crippen LogP contribution in [0, 0.1) is 6.92 Å². The number of nitrogens with two attached hydrogens (primary N) is 1. The third-order valence-corrected chi connectivity index (χ3v) is 3.35. The number of aromatic nitrogens is 4. The van der Waals surface area contributed by atoms with Crippen molar-refractivity contribution in [2.24, 2.45) is 5.84 Å². The van der Waals surface area contributed by atoms with Crippen LogP contribution in [0.1, 0.15) is 29.2 Å². The van der Waals surface area contributed by atoms with Crippen molar-refractivity contribution >= 4 is 11.5 Å². The Hall–Kier alpha value is -1.31. The minimum absolute atomic E-state index is 0.0950. The van der Waals surface area contributed by atoms with E-state index in [0.29, 0.717) is 0 Å². The standard InChI is InChI=1S/C9H14N6S/c1-3-15-7(4-5-11-15)8(12-10)9-6(2)13-14-16-9/h4-5,8,12H,3,10H2,1-2H3. The Balaban J connectivity index is 2.40. The molecule has 2 aromatic rings. The molecule has 0 aliphatic rings. The van der Waals surface area contributed by atoms with Crippen molar-refractivity contribution in [3.05, 3.63) is 28.5 Å². The van der Waals surface area contributed by atoms with Crippen LogP contribution < -0.4 is 11.3 Å². The molecule has 86 valence electrons. The Kier molecular flexibility index (Phi) is 3.28. The molecule has 0 fully saturated rings. The molecular formula is C9H14N6S. The molecule has 16 heavy (non-hydrogen) atoms. The second-order valence-electron chi connectivity index (χ2n) is 3.39. The van der Waals surface area contributed by atoms with Gasteiger partial charge in [-0.05, 0) is 31.4 Å². The maximum Gasteiger partial charge on any atom is 0.100 e. The van der Waals surface area contributed by atoms with E-state index in [1.807, 2.05) is 24.6 Å². The lowest BCUT2D eigenvalue weighted by Crippen LogP contribution is -2.30. The van der Waals surface area contributed by atoms with Gasteiger partial charge in [0.25, 0.3) is 0 Å². The highest BCUT2D eigenvalue weighted by molar-refractivity contribution is 7.05. The van der Waals surface area contributed by atoms with Crippen molar-refractivity contribution in [1.82, 2.24) is 24.8 Å². The fourth-order valence-electron chi connectivity index (χ4n) is 1.65. The van der Waals surface area contributed by atoms with Crippen molar-refractivity contribution in [2.45, 2.75) is 26.4 Å². The van der Waals surface area contributed by atoms with Gasteiger partial charge in [0.1, 0.15) is 6.04 Å². The Morgan fingerprint density at radius 1 is 1.62 bits per heavy atom. The van der Waals surface area contributed by atoms with Crippen LogP contribution in [0.3, 0.4) is 0 Å². The average Bonchev–Trinajstić information content (AvgIpc) is 2.90. The van der Waals surface area contributed by atoms with E-state index < -0.39 is 0 Å². The molecule has 0 radical (unpaired) electrons. The van der Waals surface area contributed by atoms with Crippen LogP contribution in [-0.2, 0) is 6.54 Å². The SMILES string of the molecule is CCn1nccc1C(NN)c1snnc1C. The molecule has 7 heteroatoms. The molecule has 2 rings (SSSR count). The first-order valence-corrected chi connectivity index (χ1v) is 5.82. The first kappa shape index (κ1) is 11.2. The molecule has 0 saturated heterocycles. The zero-order valence-corrected chi connectivity index (χ0v) is 10.0. The molecule has 1 unspecified atom stereocenters. The lowest BCUT2D eigenvalue weighted by atomic mass is 10.1. The predicted octanol–water partition coefficient (Wildman–Crippen LogP) is 0.616. The number of nitrogens with zero attached hydrogens (tertiary/aromatic N) is 4. The van der Waals surface area contributed by atoms with Crippen LogP contribution in [0.25, 0.3) is 0 Å². The van der Waals surface area contributed by atoms with E-state index in [4.69, 9.17) is 5.84 Å². The van der Waals surface area contributed by atoms with Crippen LogP contribution in [-0.4, -0.2) is 19.4 Å². The quantitative estimate of drug-likeness (QED) is 0.602. The normalized spacial score (nSPS) is 12.9. The van der Waals surface area contributed by atoms with Crippen LogP contribution in [0.5, 0.6) is 0 Å². The zero-order chi connectivity index (χ0) is 11.5. The molecule has 2 aromatic heterocycles. The summed E-state index contributed by atoms with van der Waals surface area (Å²) in [7, 11) is 0. The number of nitrogens with one attached hydrogen (secondary N) is 1. The summed E-state index contributed by atoms with van der Waals surface area (Å²) in [6.45, 7) is 4.78. The van der Waals surface area contributed by atoms with Gasteiger partial charge >= 0.3 is 0 Å². The Labute approximate surface area is 97.6 Å². The average molecular weight is 238 g/mol. The predicted molar refractivity (Wildman–Crippen MR) is 61.7 cm³/mol. The van der Waals surface area contributed by atoms with Crippen LogP contribution in [0.4, 0.5) is 0 Å². The van der Waals surface area contributed by atoms with Gasteiger partial charge in [-0.1, -0.05) is 4.49 Å². The summed E-state index contributed by atoms with van der Waals surface area (Å²) >= 11 is 1.35. The molecule has 2 heterocycles. The maximum absolute atomic E-state index is 5.61. The van der Waals surface area contributed by atoms with Crippen molar-refractivity contribution in [2.75, 3.05) is 0 Å². The first-order chi connectivity index (χ1) is 7.77. The summed E-state index contributed by atoms with van der Waals surface area (Å²) in [5, 5.41) is 8.22. The second-order valence-corrected chi connectivity index (χ2v) is 4.18. The van der Waals surface area contributed by atoms with Crippen molar-refractivity contribution in [3.63, 3.8) is 0 Å². The minimum Gasteiger partial charge on any atom is -0.270 e. The number of rotatable bonds is 4. The fourth-order valence-corrected chi connectivity index (χ4v) is 2.37. The fraction of sp³-hybridized carbons (Fsp3) is 0.444. The molecule has 1 atom stereocenters. The highest BCUT2D eigenvalue weighted by atomic mass is 32.1. The zero-order valence-electron chi connectivity index (χ0n) is 9.21. The van der Waals surface area contributed by atoms with Gasteiger partial charge in [0.05, 0.1) is 16.3 Å². The molecule has 0 saturated carbocycles. The summed E-state index contributed by atoms with van der Waals surface area (Å²) in [6.07, 6.45) is 1.77. The van der Waals surface area contributed by atoms with E-state index in [9.17, 15) is 0 Å². The summed E-state index contributed by atoms with van der Waals surface area (Å²) in [5.41, 5.74) is 4.72. The van der Waals surface area contributed by atoms with Crippen LogP contribution >= 0.6 is 11.5 Å². The molecule has 3 N–H and O–H groups in total. The summed E-state index contributed by atoms with van der Waals surface area (Å²) < 4.78 is 5.83. The number of hydrogen-bond donors (Lipinski definition) is 2. The molecule has 0 aliphatic carbocycles. The van der Waals surface area contributed by atoms with Crippen molar-refractivity contribution < 1.29 is 0 Å². The van der Waals surface area contributed by atoms with Gasteiger partial charge in [0, 0.05) is 12.7 Å². The van der Waals surface area contributed by atoms with Gasteiger partial charge < -0.3 is 0 Å². The topological polar surface area (TPSA) is 81.7 Å². The van der Waals surface area contributed by atoms with Gasteiger partial charge in [-0.25, -0.2) is 5.43 Å². The summed E-state index contributed by atoms with van der Waals surface area (Å²) in [4.78, 5) is 1.03. The van der Waals surface area contributed by atoms with Crippen LogP contribution in [0.2, 0.25) is 0 Å². The minimum atomic E-state index is -0.0950. The summed E-state index contributed by atoms with van der Waals surface area (Å²) in [5.74, 6) is 5.61. The molecule has 0 amide bonds. The van der Waals surface area contributed by atoms with Crippen molar-refractivity contribution in [1.29, 1.82) is 0 Å². The van der Waals surface area contributed by atoms with E-state index in [-0.39, 0.29) is 6.04 Å². The molecule has 0 spiro atoms. The lowest BCUT2D eigenvalue weighted by molar-refractivity contribution is 0.546. The van der Waals surface area contributed by atoms with Gasteiger partial charge in [-0.3, -0.25) is 10.5 Å². The van der Waals surface area contributed by atoms with Gasteiger partial charge in [0.15, 0.2) is 0 Å². The Bertz CT molecular complexity index is 462. The molecule has 0 aliphatic heterocycles. The van der Waals surface area contributed by atoms with E-state index in [1.54, 1.807) is 6.20 Å². The maximum atomic E-state index is 5.61. The molecular weight excluding hydrogens is 224 g/mol. The Morgan fingerprint density at radius 3 is 3.00 bits per heavy atom. The Morgan fingerprint density at radius 2 is 2.44 bits per heavy atom. The van der Waals surface area contributed by atoms with Crippen LogP contribution in [0.15, 0.2) is 12.3 Å². The van der Waals surface area contributed by atoms with E-state index in [0.717, 1.165) is 22.8 Å². The van der Waals surface area contributed by atoms with Gasteiger partial charge in [-0.2, -0.15) is 5.10 Å².